The van der Waals surface area contributed by atoms with E-state index in [0.717, 1.165) is 16.3 Å². The van der Waals surface area contributed by atoms with Crippen LogP contribution in [0, 0.1) is 0 Å². The van der Waals surface area contributed by atoms with Crippen molar-refractivity contribution in [1.82, 2.24) is 15.0 Å². The monoisotopic (exact) mass is 240 g/mol. The van der Waals surface area contributed by atoms with Gasteiger partial charge >= 0.3 is 0 Å². The van der Waals surface area contributed by atoms with E-state index in [9.17, 15) is 0 Å². The maximum atomic E-state index is 7.03. The van der Waals surface area contributed by atoms with E-state index in [1.54, 1.807) is 12.4 Å². The molecule has 4 nitrogen and oxygen atoms in total. The molecular weight excluding hydrogens is 226 g/mol. The quantitative estimate of drug-likeness (QED) is 0.691. The molecule has 1 aromatic carbocycles. The van der Waals surface area contributed by atoms with Gasteiger partial charge in [0.2, 0.25) is 0 Å². The minimum absolute atomic E-state index is 0.115. The number of hydrogen-bond donors (Lipinski definition) is 0. The second-order valence-corrected chi connectivity index (χ2v) is 3.78. The van der Waals surface area contributed by atoms with E-state index in [1.165, 1.54) is 12.4 Å². The number of aromatic nitrogens is 3. The standard InChI is InChI=1S/C14H11N3O/c1-18-13-8-16-14(17-9-13)11-2-3-12-7-15-5-4-10(12)6-11/h2-9H,1H3/i1D3. The molecule has 18 heavy (non-hydrogen) atoms. The Morgan fingerprint density at radius 2 is 1.94 bits per heavy atom. The normalized spacial score (nSPS) is 13.7. The predicted octanol–water partition coefficient (Wildman–Crippen LogP) is 2.70. The largest absolute Gasteiger partial charge is 0.494 e. The number of pyridine rings is 1. The van der Waals surface area contributed by atoms with Crippen molar-refractivity contribution in [1.29, 1.82) is 0 Å². The topological polar surface area (TPSA) is 47.9 Å². The minimum Gasteiger partial charge on any atom is -0.494 e. The lowest BCUT2D eigenvalue weighted by molar-refractivity contribution is 0.411. The van der Waals surface area contributed by atoms with Crippen LogP contribution in [0.5, 0.6) is 5.75 Å². The van der Waals surface area contributed by atoms with E-state index in [1.807, 2.05) is 24.3 Å². The number of hydrogen-bond acceptors (Lipinski definition) is 4. The molecule has 0 aliphatic rings. The molecule has 4 heteroatoms. The number of nitrogens with zero attached hydrogens (tertiary/aromatic N) is 3. The van der Waals surface area contributed by atoms with Crippen LogP contribution in [-0.4, -0.2) is 22.0 Å². The van der Waals surface area contributed by atoms with Crippen LogP contribution in [0.15, 0.2) is 49.1 Å². The van der Waals surface area contributed by atoms with Gasteiger partial charge in [-0.2, -0.15) is 0 Å². The molecule has 0 N–H and O–H groups in total. The molecule has 0 unspecified atom stereocenters. The van der Waals surface area contributed by atoms with Crippen LogP contribution >= 0.6 is 0 Å². The molecule has 0 atom stereocenters. The van der Waals surface area contributed by atoms with Gasteiger partial charge in [-0.3, -0.25) is 4.98 Å². The lowest BCUT2D eigenvalue weighted by Gasteiger charge is -2.03. The van der Waals surface area contributed by atoms with Crippen molar-refractivity contribution in [2.45, 2.75) is 0 Å². The molecule has 0 aliphatic carbocycles. The maximum Gasteiger partial charge on any atom is 0.159 e. The molecule has 0 bridgehead atoms. The van der Waals surface area contributed by atoms with Crippen LogP contribution in [0.25, 0.3) is 22.2 Å². The molecule has 3 rings (SSSR count). The Hall–Kier alpha value is -2.49. The summed E-state index contributed by atoms with van der Waals surface area (Å²) < 4.78 is 25.8. The van der Waals surface area contributed by atoms with Gasteiger partial charge in [-0.05, 0) is 17.5 Å². The fourth-order valence-corrected chi connectivity index (χ4v) is 1.74. The van der Waals surface area contributed by atoms with Crippen molar-refractivity contribution in [3.63, 3.8) is 0 Å². The van der Waals surface area contributed by atoms with Crippen molar-refractivity contribution in [3.05, 3.63) is 49.1 Å². The highest BCUT2D eigenvalue weighted by molar-refractivity contribution is 5.85. The summed E-state index contributed by atoms with van der Waals surface area (Å²) in [5, 5.41) is 2.07. The van der Waals surface area contributed by atoms with Crippen LogP contribution in [0.1, 0.15) is 4.11 Å². The molecule has 0 spiro atoms. The van der Waals surface area contributed by atoms with Crippen molar-refractivity contribution in [2.24, 2.45) is 0 Å². The van der Waals surface area contributed by atoms with E-state index in [-0.39, 0.29) is 5.75 Å². The maximum absolute atomic E-state index is 7.03. The van der Waals surface area contributed by atoms with Crippen LogP contribution in [-0.2, 0) is 0 Å². The highest BCUT2D eigenvalue weighted by Gasteiger charge is 2.02. The number of rotatable bonds is 2. The van der Waals surface area contributed by atoms with Gasteiger partial charge in [0.25, 0.3) is 0 Å². The van der Waals surface area contributed by atoms with Gasteiger partial charge in [-0.15, -0.1) is 0 Å². The summed E-state index contributed by atoms with van der Waals surface area (Å²) in [5.74, 6) is 0.621. The van der Waals surface area contributed by atoms with E-state index in [0.29, 0.717) is 5.82 Å². The molecule has 0 fully saturated rings. The van der Waals surface area contributed by atoms with Gasteiger partial charge in [-0.1, -0.05) is 12.1 Å². The summed E-state index contributed by atoms with van der Waals surface area (Å²) in [6.45, 7) is 0. The SMILES string of the molecule is [2H]C([2H])([2H])Oc1cnc(-c2ccc3cnccc3c2)nc1. The first-order chi connectivity index (χ1) is 10.0. The molecule has 0 saturated carbocycles. The lowest BCUT2D eigenvalue weighted by Crippen LogP contribution is -1.91. The number of methoxy groups -OCH3 is 1. The van der Waals surface area contributed by atoms with Crippen LogP contribution < -0.4 is 4.74 Å². The van der Waals surface area contributed by atoms with Crippen molar-refractivity contribution in [2.75, 3.05) is 7.04 Å². The van der Waals surface area contributed by atoms with Crippen molar-refractivity contribution in [3.8, 4) is 17.1 Å². The van der Waals surface area contributed by atoms with Crippen molar-refractivity contribution < 1.29 is 8.85 Å². The van der Waals surface area contributed by atoms with Gasteiger partial charge < -0.3 is 4.74 Å². The Balaban J connectivity index is 1.91. The van der Waals surface area contributed by atoms with E-state index in [4.69, 9.17) is 8.85 Å². The first-order valence-corrected chi connectivity index (χ1v) is 5.36. The lowest BCUT2D eigenvalue weighted by atomic mass is 10.1. The third-order valence-electron chi connectivity index (χ3n) is 2.64. The third kappa shape index (κ3) is 1.88. The molecule has 0 amide bonds. The Labute approximate surface area is 109 Å². The highest BCUT2D eigenvalue weighted by atomic mass is 16.5. The molecule has 0 aliphatic heterocycles. The Bertz CT molecular complexity index is 772. The summed E-state index contributed by atoms with van der Waals surface area (Å²) in [6, 6.07) is 7.69. The molecule has 0 saturated heterocycles. The summed E-state index contributed by atoms with van der Waals surface area (Å²) in [4.78, 5) is 12.3. The number of benzene rings is 1. The highest BCUT2D eigenvalue weighted by Crippen LogP contribution is 2.21. The van der Waals surface area contributed by atoms with Gasteiger partial charge in [0, 0.05) is 23.3 Å². The first kappa shape index (κ1) is 7.76. The Morgan fingerprint density at radius 3 is 2.78 bits per heavy atom. The smallest absolute Gasteiger partial charge is 0.159 e. The third-order valence-corrected chi connectivity index (χ3v) is 2.64. The molecule has 2 heterocycles. The molecular formula is C14H11N3O. The molecule has 2 aromatic heterocycles. The van der Waals surface area contributed by atoms with Gasteiger partial charge in [-0.25, -0.2) is 9.97 Å². The van der Waals surface area contributed by atoms with E-state index in [2.05, 4.69) is 15.0 Å². The number of fused-ring (bicyclic) bond motifs is 1. The van der Waals surface area contributed by atoms with E-state index < -0.39 is 7.04 Å². The molecule has 0 radical (unpaired) electrons. The van der Waals surface area contributed by atoms with Gasteiger partial charge in [0.15, 0.2) is 11.6 Å². The van der Waals surface area contributed by atoms with Crippen LogP contribution in [0.2, 0.25) is 0 Å². The summed E-state index contributed by atoms with van der Waals surface area (Å²) in [5.41, 5.74) is 0.842. The number of ether oxygens (including phenoxy) is 1. The summed E-state index contributed by atoms with van der Waals surface area (Å²) in [7, 11) is -2.50. The van der Waals surface area contributed by atoms with Crippen LogP contribution in [0.4, 0.5) is 0 Å². The Kier molecular flexibility index (Phi) is 1.90. The first-order valence-electron chi connectivity index (χ1n) is 6.86. The van der Waals surface area contributed by atoms with Gasteiger partial charge in [0.1, 0.15) is 0 Å². The van der Waals surface area contributed by atoms with Gasteiger partial charge in [0.05, 0.1) is 23.5 Å². The van der Waals surface area contributed by atoms with Crippen molar-refractivity contribution >= 4 is 10.8 Å². The fraction of sp³-hybridized carbons (Fsp3) is 0.0714. The zero-order valence-electron chi connectivity index (χ0n) is 12.4. The predicted molar refractivity (Wildman–Crippen MR) is 69.3 cm³/mol. The Morgan fingerprint density at radius 1 is 1.06 bits per heavy atom. The fourth-order valence-electron chi connectivity index (χ4n) is 1.74. The second kappa shape index (κ2) is 4.41. The molecule has 3 aromatic rings. The minimum atomic E-state index is -2.50. The average molecular weight is 240 g/mol. The summed E-state index contributed by atoms with van der Waals surface area (Å²) in [6.07, 6.45) is 6.21. The van der Waals surface area contributed by atoms with Crippen LogP contribution in [0.3, 0.4) is 0 Å². The summed E-state index contributed by atoms with van der Waals surface area (Å²) >= 11 is 0. The van der Waals surface area contributed by atoms with E-state index >= 15 is 0 Å². The molecule has 88 valence electrons. The zero-order valence-corrected chi connectivity index (χ0v) is 9.37. The average Bonchev–Trinajstić information content (AvgIpc) is 2.46. The second-order valence-electron chi connectivity index (χ2n) is 3.78. The zero-order chi connectivity index (χ0) is 14.9.